The lowest BCUT2D eigenvalue weighted by molar-refractivity contribution is -0.266. The SMILES string of the molecule is CC(C)(CC(O)(Cc1cc2cc(-c3ccncc3)ccc2[nH]1)C(F)(F)F)c1cc(F)cc2c1OCC2. The number of rotatable bonds is 6. The van der Waals surface area contributed by atoms with E-state index in [1.54, 1.807) is 38.4 Å². The van der Waals surface area contributed by atoms with E-state index < -0.39 is 35.9 Å². The predicted octanol–water partition coefficient (Wildman–Crippen LogP) is 6.51. The Kier molecular flexibility index (Phi) is 5.82. The molecule has 2 aromatic heterocycles. The van der Waals surface area contributed by atoms with E-state index in [1.807, 2.05) is 24.3 Å². The summed E-state index contributed by atoms with van der Waals surface area (Å²) in [6.07, 6.45) is -2.41. The fourth-order valence-corrected chi connectivity index (χ4v) is 5.19. The second-order valence-corrected chi connectivity index (χ2v) is 10.1. The summed E-state index contributed by atoms with van der Waals surface area (Å²) in [5.41, 5.74) is -0.540. The molecule has 0 fully saturated rings. The second-order valence-electron chi connectivity index (χ2n) is 10.1. The van der Waals surface area contributed by atoms with Gasteiger partial charge in [0.2, 0.25) is 0 Å². The molecule has 0 amide bonds. The Labute approximate surface area is 206 Å². The van der Waals surface area contributed by atoms with E-state index in [0.29, 0.717) is 35.4 Å². The Morgan fingerprint density at radius 1 is 1.00 bits per heavy atom. The van der Waals surface area contributed by atoms with Crippen molar-refractivity contribution in [2.75, 3.05) is 6.61 Å². The predicted molar refractivity (Wildman–Crippen MR) is 129 cm³/mol. The van der Waals surface area contributed by atoms with Gasteiger partial charge in [0.25, 0.3) is 0 Å². The molecule has 188 valence electrons. The van der Waals surface area contributed by atoms with Crippen LogP contribution in [0.3, 0.4) is 0 Å². The van der Waals surface area contributed by atoms with Crippen LogP contribution in [-0.4, -0.2) is 33.5 Å². The Balaban J connectivity index is 1.48. The summed E-state index contributed by atoms with van der Waals surface area (Å²) in [6, 6.07) is 13.5. The molecule has 1 atom stereocenters. The van der Waals surface area contributed by atoms with Crippen molar-refractivity contribution in [1.82, 2.24) is 9.97 Å². The third kappa shape index (κ3) is 4.46. The fourth-order valence-electron chi connectivity index (χ4n) is 5.19. The number of aromatic nitrogens is 2. The number of hydrogen-bond acceptors (Lipinski definition) is 3. The van der Waals surface area contributed by atoms with Crippen LogP contribution in [0.2, 0.25) is 0 Å². The van der Waals surface area contributed by atoms with Gasteiger partial charge in [-0.25, -0.2) is 4.39 Å². The van der Waals surface area contributed by atoms with E-state index in [0.717, 1.165) is 16.5 Å². The Morgan fingerprint density at radius 3 is 2.47 bits per heavy atom. The molecule has 0 aliphatic carbocycles. The molecule has 1 aliphatic rings. The lowest BCUT2D eigenvalue weighted by Crippen LogP contribution is -2.51. The second kappa shape index (κ2) is 8.62. The van der Waals surface area contributed by atoms with Crippen molar-refractivity contribution in [3.8, 4) is 16.9 Å². The summed E-state index contributed by atoms with van der Waals surface area (Å²) < 4.78 is 63.0. The molecule has 5 rings (SSSR count). The highest BCUT2D eigenvalue weighted by Gasteiger charge is 2.56. The van der Waals surface area contributed by atoms with Crippen molar-refractivity contribution in [1.29, 1.82) is 0 Å². The lowest BCUT2D eigenvalue weighted by Gasteiger charge is -2.38. The van der Waals surface area contributed by atoms with Crippen LogP contribution in [0.15, 0.2) is 60.9 Å². The minimum atomic E-state index is -4.92. The van der Waals surface area contributed by atoms with Crippen LogP contribution in [-0.2, 0) is 18.3 Å². The first-order valence-electron chi connectivity index (χ1n) is 11.7. The molecular weight excluding hydrogens is 472 g/mol. The molecule has 0 saturated carbocycles. The van der Waals surface area contributed by atoms with Crippen molar-refractivity contribution in [2.24, 2.45) is 0 Å². The van der Waals surface area contributed by atoms with Crippen molar-refractivity contribution in [3.63, 3.8) is 0 Å². The standard InChI is InChI=1S/C28H26F4N2O2/c1-26(2,23-14-21(29)12-19-7-10-36-25(19)23)16-27(35,28(30,31)32)15-22-13-20-11-18(3-4-24(20)34-22)17-5-8-33-9-6-17/h3-6,8-9,11-14,34-35H,7,10,15-16H2,1-2H3. The van der Waals surface area contributed by atoms with Crippen LogP contribution >= 0.6 is 0 Å². The van der Waals surface area contributed by atoms with Crippen molar-refractivity contribution >= 4 is 10.9 Å². The van der Waals surface area contributed by atoms with Crippen molar-refractivity contribution in [3.05, 3.63) is 83.6 Å². The summed E-state index contributed by atoms with van der Waals surface area (Å²) in [5, 5.41) is 11.8. The number of nitrogens with zero attached hydrogens (tertiary/aromatic N) is 1. The van der Waals surface area contributed by atoms with Crippen molar-refractivity contribution < 1.29 is 27.4 Å². The maximum atomic E-state index is 14.4. The van der Waals surface area contributed by atoms with Gasteiger partial charge in [-0.15, -0.1) is 0 Å². The summed E-state index contributed by atoms with van der Waals surface area (Å²) in [4.78, 5) is 7.03. The van der Waals surface area contributed by atoms with E-state index >= 15 is 0 Å². The smallest absolute Gasteiger partial charge is 0.417 e. The molecule has 2 N–H and O–H groups in total. The Bertz CT molecular complexity index is 1410. The lowest BCUT2D eigenvalue weighted by atomic mass is 9.72. The van der Waals surface area contributed by atoms with Crippen LogP contribution < -0.4 is 4.74 Å². The van der Waals surface area contributed by atoms with Gasteiger partial charge in [0, 0.05) is 53.0 Å². The number of nitrogens with one attached hydrogen (secondary N) is 1. The number of alkyl halides is 3. The number of H-pyrrole nitrogens is 1. The molecular formula is C28H26F4N2O2. The number of ether oxygens (including phenoxy) is 1. The largest absolute Gasteiger partial charge is 0.493 e. The molecule has 2 aromatic carbocycles. The monoisotopic (exact) mass is 498 g/mol. The Morgan fingerprint density at radius 2 is 1.75 bits per heavy atom. The molecule has 1 unspecified atom stereocenters. The Hall–Kier alpha value is -3.39. The van der Waals surface area contributed by atoms with E-state index in [-0.39, 0.29) is 5.69 Å². The molecule has 4 aromatic rings. The molecule has 8 heteroatoms. The van der Waals surface area contributed by atoms with Gasteiger partial charge in [-0.05, 0) is 65.4 Å². The molecule has 0 saturated heterocycles. The third-order valence-corrected chi connectivity index (χ3v) is 6.91. The van der Waals surface area contributed by atoms with E-state index in [2.05, 4.69) is 9.97 Å². The quantitative estimate of drug-likeness (QED) is 0.298. The van der Waals surface area contributed by atoms with E-state index in [1.165, 1.54) is 12.1 Å². The number of fused-ring (bicyclic) bond motifs is 2. The van der Waals surface area contributed by atoms with Gasteiger partial charge < -0.3 is 14.8 Å². The maximum absolute atomic E-state index is 14.4. The molecule has 1 aliphatic heterocycles. The van der Waals surface area contributed by atoms with Gasteiger partial charge in [0.1, 0.15) is 11.6 Å². The van der Waals surface area contributed by atoms with Crippen LogP contribution in [0.4, 0.5) is 17.6 Å². The number of hydrogen-bond donors (Lipinski definition) is 2. The number of halogens is 4. The molecule has 4 nitrogen and oxygen atoms in total. The van der Waals surface area contributed by atoms with Gasteiger partial charge in [-0.2, -0.15) is 13.2 Å². The summed E-state index contributed by atoms with van der Waals surface area (Å²) in [7, 11) is 0. The number of benzene rings is 2. The van der Waals surface area contributed by atoms with Crippen molar-refractivity contribution in [2.45, 2.75) is 50.3 Å². The first kappa shape index (κ1) is 24.3. The fraction of sp³-hybridized carbons (Fsp3) is 0.321. The zero-order valence-electron chi connectivity index (χ0n) is 19.9. The highest BCUT2D eigenvalue weighted by molar-refractivity contribution is 5.85. The van der Waals surface area contributed by atoms with Crippen LogP contribution in [0.5, 0.6) is 5.75 Å². The van der Waals surface area contributed by atoms with Gasteiger partial charge in [0.05, 0.1) is 6.61 Å². The zero-order chi connectivity index (χ0) is 25.7. The van der Waals surface area contributed by atoms with E-state index in [4.69, 9.17) is 4.74 Å². The van der Waals surface area contributed by atoms with Gasteiger partial charge in [-0.3, -0.25) is 4.98 Å². The first-order chi connectivity index (χ1) is 17.0. The summed E-state index contributed by atoms with van der Waals surface area (Å²) in [5.74, 6) is -0.112. The minimum Gasteiger partial charge on any atom is -0.493 e. The molecule has 3 heterocycles. The molecule has 36 heavy (non-hydrogen) atoms. The van der Waals surface area contributed by atoms with Crippen LogP contribution in [0.1, 0.15) is 37.1 Å². The summed E-state index contributed by atoms with van der Waals surface area (Å²) >= 11 is 0. The molecule has 0 radical (unpaired) electrons. The van der Waals surface area contributed by atoms with E-state index in [9.17, 15) is 22.7 Å². The van der Waals surface area contributed by atoms with Crippen LogP contribution in [0.25, 0.3) is 22.0 Å². The van der Waals surface area contributed by atoms with Gasteiger partial charge >= 0.3 is 6.18 Å². The van der Waals surface area contributed by atoms with Gasteiger partial charge in [0.15, 0.2) is 5.60 Å². The van der Waals surface area contributed by atoms with Gasteiger partial charge in [-0.1, -0.05) is 19.9 Å². The first-order valence-corrected chi connectivity index (χ1v) is 11.7. The zero-order valence-corrected chi connectivity index (χ0v) is 19.9. The topological polar surface area (TPSA) is 58.1 Å². The highest BCUT2D eigenvalue weighted by Crippen LogP contribution is 2.47. The summed E-state index contributed by atoms with van der Waals surface area (Å²) in [6.45, 7) is 3.50. The molecule has 0 bridgehead atoms. The third-order valence-electron chi connectivity index (χ3n) is 6.91. The number of aliphatic hydroxyl groups is 1. The van der Waals surface area contributed by atoms with Crippen LogP contribution in [0, 0.1) is 5.82 Å². The highest BCUT2D eigenvalue weighted by atomic mass is 19.4. The minimum absolute atomic E-state index is 0.258. The molecule has 0 spiro atoms. The average Bonchev–Trinajstić information content (AvgIpc) is 3.43. The average molecular weight is 499 g/mol. The number of pyridine rings is 1. The normalized spacial score (nSPS) is 15.5. The number of aromatic amines is 1. The maximum Gasteiger partial charge on any atom is 0.417 e.